The van der Waals surface area contributed by atoms with Crippen LogP contribution >= 0.6 is 0 Å². The van der Waals surface area contributed by atoms with Crippen molar-refractivity contribution < 1.29 is 19.5 Å². The number of carbonyl (C=O) groups excluding carboxylic acids is 2. The highest BCUT2D eigenvalue weighted by Crippen LogP contribution is 2.10. The topological polar surface area (TPSA) is 108 Å². The van der Waals surface area contributed by atoms with Crippen molar-refractivity contribution >= 4 is 29.7 Å². The van der Waals surface area contributed by atoms with E-state index in [2.05, 4.69) is 16.0 Å². The molecule has 1 aromatic rings. The highest BCUT2D eigenvalue weighted by Gasteiger charge is 2.04. The number of nitrogens with one attached hydrogen (secondary N) is 3. The molecule has 0 unspecified atom stereocenters. The fourth-order valence-electron chi connectivity index (χ4n) is 1.44. The van der Waals surface area contributed by atoms with Crippen LogP contribution in [0.2, 0.25) is 0 Å². The van der Waals surface area contributed by atoms with E-state index in [1.165, 1.54) is 6.08 Å². The van der Waals surface area contributed by atoms with E-state index in [0.29, 0.717) is 17.8 Å². The first-order valence-electron chi connectivity index (χ1n) is 6.34. The van der Waals surface area contributed by atoms with Gasteiger partial charge in [0.15, 0.2) is 0 Å². The summed E-state index contributed by atoms with van der Waals surface area (Å²) in [5, 5.41) is 16.0. The van der Waals surface area contributed by atoms with Crippen LogP contribution in [0.3, 0.4) is 0 Å². The summed E-state index contributed by atoms with van der Waals surface area (Å²) in [4.78, 5) is 33.1. The Morgan fingerprint density at radius 1 is 1.14 bits per heavy atom. The molecular weight excluding hydrogens is 274 g/mol. The van der Waals surface area contributed by atoms with Crippen LogP contribution in [0.15, 0.2) is 30.3 Å². The van der Waals surface area contributed by atoms with Gasteiger partial charge < -0.3 is 21.1 Å². The van der Waals surface area contributed by atoms with E-state index in [0.717, 1.165) is 6.08 Å². The van der Waals surface area contributed by atoms with Crippen LogP contribution in [0.4, 0.5) is 10.5 Å². The Morgan fingerprint density at radius 3 is 2.38 bits per heavy atom. The molecule has 0 saturated carbocycles. The summed E-state index contributed by atoms with van der Waals surface area (Å²) in [7, 11) is 0. The number of aliphatic carboxylic acids is 1. The highest BCUT2D eigenvalue weighted by atomic mass is 16.4. The first kappa shape index (κ1) is 16.2. The van der Waals surface area contributed by atoms with E-state index in [-0.39, 0.29) is 12.5 Å². The van der Waals surface area contributed by atoms with Crippen molar-refractivity contribution in [1.29, 1.82) is 0 Å². The van der Waals surface area contributed by atoms with Gasteiger partial charge in [0.2, 0.25) is 5.91 Å². The van der Waals surface area contributed by atoms with Crippen molar-refractivity contribution in [2.75, 3.05) is 18.4 Å². The molecule has 1 aromatic carbocycles. The van der Waals surface area contributed by atoms with E-state index in [1.807, 2.05) is 0 Å². The molecule has 0 heterocycles. The molecule has 4 N–H and O–H groups in total. The number of likely N-dealkylation sites (N-methyl/N-ethyl adjacent to an activating group) is 1. The predicted molar refractivity (Wildman–Crippen MR) is 78.8 cm³/mol. The molecule has 0 aliphatic rings. The van der Waals surface area contributed by atoms with Crippen molar-refractivity contribution in [1.82, 2.24) is 10.6 Å². The summed E-state index contributed by atoms with van der Waals surface area (Å²) in [5.74, 6) is -1.29. The molecule has 0 atom stereocenters. The van der Waals surface area contributed by atoms with Crippen molar-refractivity contribution in [3.63, 3.8) is 0 Å². The number of carboxylic acid groups (broad SMARTS) is 1. The third-order valence-corrected chi connectivity index (χ3v) is 2.37. The lowest BCUT2D eigenvalue weighted by atomic mass is 10.2. The lowest BCUT2D eigenvalue weighted by Gasteiger charge is -2.07. The maximum absolute atomic E-state index is 11.5. The quantitative estimate of drug-likeness (QED) is 0.587. The Hall–Kier alpha value is -2.83. The number of anilines is 1. The number of urea groups is 1. The molecule has 0 aromatic heterocycles. The third kappa shape index (κ3) is 6.76. The van der Waals surface area contributed by atoms with E-state index in [9.17, 15) is 14.4 Å². The summed E-state index contributed by atoms with van der Waals surface area (Å²) in [6.07, 6.45) is 2.47. The minimum absolute atomic E-state index is 0.0981. The van der Waals surface area contributed by atoms with Gasteiger partial charge in [0.25, 0.3) is 0 Å². The molecule has 0 fully saturated rings. The molecule has 21 heavy (non-hydrogen) atoms. The van der Waals surface area contributed by atoms with Crippen LogP contribution in [0.1, 0.15) is 12.5 Å². The van der Waals surface area contributed by atoms with E-state index >= 15 is 0 Å². The summed E-state index contributed by atoms with van der Waals surface area (Å²) < 4.78 is 0. The van der Waals surface area contributed by atoms with Crippen LogP contribution in [0.25, 0.3) is 6.08 Å². The average Bonchev–Trinajstić information content (AvgIpc) is 2.45. The number of rotatable bonds is 6. The number of hydrogen-bond donors (Lipinski definition) is 4. The van der Waals surface area contributed by atoms with E-state index in [4.69, 9.17) is 5.11 Å². The van der Waals surface area contributed by atoms with Gasteiger partial charge in [-0.05, 0) is 30.7 Å². The number of hydrogen-bond acceptors (Lipinski definition) is 3. The molecule has 0 aliphatic carbocycles. The zero-order valence-corrected chi connectivity index (χ0v) is 11.6. The Morgan fingerprint density at radius 2 is 1.81 bits per heavy atom. The summed E-state index contributed by atoms with van der Waals surface area (Å²) in [5.41, 5.74) is 1.24. The van der Waals surface area contributed by atoms with Gasteiger partial charge in [-0.15, -0.1) is 0 Å². The van der Waals surface area contributed by atoms with Crippen molar-refractivity contribution in [3.8, 4) is 0 Å². The maximum Gasteiger partial charge on any atom is 0.328 e. The lowest BCUT2D eigenvalue weighted by Crippen LogP contribution is -2.38. The normalized spacial score (nSPS) is 10.1. The van der Waals surface area contributed by atoms with E-state index < -0.39 is 12.0 Å². The number of amides is 3. The monoisotopic (exact) mass is 291 g/mol. The average molecular weight is 291 g/mol. The molecule has 3 amide bonds. The van der Waals surface area contributed by atoms with Crippen LogP contribution in [0.5, 0.6) is 0 Å². The Bertz CT molecular complexity index is 538. The number of carboxylic acids is 1. The second-order valence-corrected chi connectivity index (χ2v) is 4.05. The van der Waals surface area contributed by atoms with Gasteiger partial charge in [-0.1, -0.05) is 12.1 Å². The van der Waals surface area contributed by atoms with Gasteiger partial charge in [-0.25, -0.2) is 9.59 Å². The van der Waals surface area contributed by atoms with Crippen LogP contribution in [0, 0.1) is 0 Å². The first-order chi connectivity index (χ1) is 10.0. The molecule has 0 spiro atoms. The van der Waals surface area contributed by atoms with Gasteiger partial charge >= 0.3 is 12.0 Å². The van der Waals surface area contributed by atoms with Crippen molar-refractivity contribution in [3.05, 3.63) is 35.9 Å². The van der Waals surface area contributed by atoms with Crippen LogP contribution in [-0.4, -0.2) is 36.1 Å². The molecule has 7 nitrogen and oxygen atoms in total. The molecule has 0 aliphatic heterocycles. The summed E-state index contributed by atoms with van der Waals surface area (Å²) >= 11 is 0. The Kier molecular flexibility index (Phi) is 6.46. The second-order valence-electron chi connectivity index (χ2n) is 4.05. The van der Waals surface area contributed by atoms with Gasteiger partial charge in [0.05, 0.1) is 6.54 Å². The summed E-state index contributed by atoms with van der Waals surface area (Å²) in [6.45, 7) is 2.20. The predicted octanol–water partition coefficient (Wildman–Crippen LogP) is 1.04. The van der Waals surface area contributed by atoms with Crippen LogP contribution in [-0.2, 0) is 9.59 Å². The zero-order chi connectivity index (χ0) is 15.7. The van der Waals surface area contributed by atoms with E-state index in [1.54, 1.807) is 31.2 Å². The standard InChI is InChI=1S/C14H17N3O4/c1-2-15-12(18)9-16-14(21)17-11-6-3-10(4-7-11)5-8-13(19)20/h3-8H,2,9H2,1H3,(H,15,18)(H,19,20)(H2,16,17,21). The third-order valence-electron chi connectivity index (χ3n) is 2.37. The molecule has 1 rings (SSSR count). The Labute approximate surface area is 122 Å². The van der Waals surface area contributed by atoms with Gasteiger partial charge in [0, 0.05) is 18.3 Å². The summed E-state index contributed by atoms with van der Waals surface area (Å²) in [6, 6.07) is 6.10. The van der Waals surface area contributed by atoms with Gasteiger partial charge in [-0.2, -0.15) is 0 Å². The molecule has 0 bridgehead atoms. The lowest BCUT2D eigenvalue weighted by molar-refractivity contribution is -0.131. The second kappa shape index (κ2) is 8.36. The van der Waals surface area contributed by atoms with Crippen molar-refractivity contribution in [2.45, 2.75) is 6.92 Å². The number of carbonyl (C=O) groups is 3. The first-order valence-corrected chi connectivity index (χ1v) is 6.34. The van der Waals surface area contributed by atoms with Crippen molar-refractivity contribution in [2.24, 2.45) is 0 Å². The Balaban J connectivity index is 2.46. The minimum atomic E-state index is -1.03. The zero-order valence-electron chi connectivity index (χ0n) is 11.6. The molecular formula is C14H17N3O4. The number of benzene rings is 1. The fraction of sp³-hybridized carbons (Fsp3) is 0.214. The minimum Gasteiger partial charge on any atom is -0.478 e. The molecule has 0 saturated heterocycles. The van der Waals surface area contributed by atoms with Gasteiger partial charge in [-0.3, -0.25) is 4.79 Å². The molecule has 7 heteroatoms. The van der Waals surface area contributed by atoms with Gasteiger partial charge in [0.1, 0.15) is 0 Å². The molecule has 112 valence electrons. The maximum atomic E-state index is 11.5. The smallest absolute Gasteiger partial charge is 0.328 e. The highest BCUT2D eigenvalue weighted by molar-refractivity contribution is 5.92. The fourth-order valence-corrected chi connectivity index (χ4v) is 1.44. The van der Waals surface area contributed by atoms with Crippen LogP contribution < -0.4 is 16.0 Å². The SMILES string of the molecule is CCNC(=O)CNC(=O)Nc1ccc(C=CC(=O)O)cc1. The molecule has 0 radical (unpaired) electrons. The largest absolute Gasteiger partial charge is 0.478 e.